The van der Waals surface area contributed by atoms with E-state index in [-0.39, 0.29) is 28.4 Å². The van der Waals surface area contributed by atoms with Crippen molar-refractivity contribution in [2.45, 2.75) is 0 Å². The highest BCUT2D eigenvalue weighted by atomic mass is 16.6. The summed E-state index contributed by atoms with van der Waals surface area (Å²) in [5, 5.41) is 11.6. The minimum Gasteiger partial charge on any atom is -0.497 e. The maximum absolute atomic E-state index is 12.6. The molecule has 0 aliphatic heterocycles. The monoisotopic (exact) mass is 407 g/mol. The fraction of sp³-hybridized carbons (Fsp3) is 0.0909. The molecule has 152 valence electrons. The number of benzene rings is 3. The largest absolute Gasteiger partial charge is 0.497 e. The van der Waals surface area contributed by atoms with Gasteiger partial charge in [0.15, 0.2) is 5.78 Å². The highest BCUT2D eigenvalue weighted by Crippen LogP contribution is 2.36. The molecule has 0 saturated heterocycles. The van der Waals surface area contributed by atoms with E-state index in [0.29, 0.717) is 11.3 Å². The first kappa shape index (κ1) is 20.5. The number of rotatable bonds is 7. The Morgan fingerprint density at radius 3 is 2.23 bits per heavy atom. The van der Waals surface area contributed by atoms with Gasteiger partial charge >= 0.3 is 11.7 Å². The predicted octanol–water partition coefficient (Wildman–Crippen LogP) is 4.41. The summed E-state index contributed by atoms with van der Waals surface area (Å²) in [6.07, 6.45) is 0. The van der Waals surface area contributed by atoms with Gasteiger partial charge in [0.1, 0.15) is 17.1 Å². The summed E-state index contributed by atoms with van der Waals surface area (Å²) in [4.78, 5) is 35.6. The highest BCUT2D eigenvalue weighted by Gasteiger charge is 2.23. The molecule has 0 atom stereocenters. The van der Waals surface area contributed by atoms with Gasteiger partial charge in [0.2, 0.25) is 5.75 Å². The Morgan fingerprint density at radius 1 is 0.867 bits per heavy atom. The van der Waals surface area contributed by atoms with Crippen LogP contribution in [0.25, 0.3) is 0 Å². The Bertz CT molecular complexity index is 1110. The number of carbonyl (C=O) groups excluding carboxylic acids is 2. The number of ether oxygens (including phenoxy) is 3. The van der Waals surface area contributed by atoms with E-state index in [2.05, 4.69) is 0 Å². The molecule has 0 aliphatic rings. The minimum absolute atomic E-state index is 0.0198. The van der Waals surface area contributed by atoms with Gasteiger partial charge in [-0.1, -0.05) is 30.3 Å². The number of hydrogen-bond acceptors (Lipinski definition) is 7. The van der Waals surface area contributed by atoms with Crippen LogP contribution in [-0.4, -0.2) is 30.9 Å². The Kier molecular flexibility index (Phi) is 6.07. The molecule has 0 unspecified atom stereocenters. The van der Waals surface area contributed by atoms with Crippen molar-refractivity contribution in [3.05, 3.63) is 93.5 Å². The smallest absolute Gasteiger partial charge is 0.341 e. The van der Waals surface area contributed by atoms with E-state index in [0.717, 1.165) is 6.07 Å². The fourth-order valence-corrected chi connectivity index (χ4v) is 2.75. The topological polar surface area (TPSA) is 105 Å². The van der Waals surface area contributed by atoms with Crippen LogP contribution < -0.4 is 9.47 Å². The summed E-state index contributed by atoms with van der Waals surface area (Å²) < 4.78 is 15.5. The molecule has 0 N–H and O–H groups in total. The Labute approximate surface area is 171 Å². The van der Waals surface area contributed by atoms with E-state index < -0.39 is 16.6 Å². The molecule has 0 fully saturated rings. The maximum Gasteiger partial charge on any atom is 0.341 e. The van der Waals surface area contributed by atoms with Gasteiger partial charge < -0.3 is 14.2 Å². The minimum atomic E-state index is -0.675. The van der Waals surface area contributed by atoms with Crippen LogP contribution in [0, 0.1) is 10.1 Å². The molecule has 0 saturated carbocycles. The van der Waals surface area contributed by atoms with Crippen molar-refractivity contribution in [3.8, 4) is 17.2 Å². The summed E-state index contributed by atoms with van der Waals surface area (Å²) >= 11 is 0. The first-order valence-electron chi connectivity index (χ1n) is 8.77. The fourth-order valence-electron chi connectivity index (χ4n) is 2.75. The molecule has 0 amide bonds. The molecule has 0 spiro atoms. The van der Waals surface area contributed by atoms with Crippen LogP contribution in [0.1, 0.15) is 26.3 Å². The lowest BCUT2D eigenvalue weighted by Gasteiger charge is -2.12. The van der Waals surface area contributed by atoms with Crippen LogP contribution in [0.5, 0.6) is 17.2 Å². The number of ketones is 1. The molecule has 8 heteroatoms. The van der Waals surface area contributed by atoms with E-state index in [1.54, 1.807) is 30.3 Å². The van der Waals surface area contributed by atoms with E-state index in [1.807, 2.05) is 0 Å². The maximum atomic E-state index is 12.6. The lowest BCUT2D eigenvalue weighted by Crippen LogP contribution is -2.06. The molecular formula is C22H17NO7. The van der Waals surface area contributed by atoms with Crippen molar-refractivity contribution in [2.24, 2.45) is 0 Å². The summed E-state index contributed by atoms with van der Waals surface area (Å²) in [7, 11) is 2.64. The molecule has 0 aliphatic carbocycles. The molecule has 3 aromatic rings. The zero-order valence-electron chi connectivity index (χ0n) is 16.2. The molecular weight excluding hydrogens is 390 g/mol. The van der Waals surface area contributed by atoms with Crippen molar-refractivity contribution in [1.29, 1.82) is 0 Å². The Hall–Kier alpha value is -4.20. The molecule has 8 nitrogen and oxygen atoms in total. The third-order valence-electron chi connectivity index (χ3n) is 4.27. The van der Waals surface area contributed by atoms with E-state index in [4.69, 9.17) is 14.2 Å². The van der Waals surface area contributed by atoms with Crippen molar-refractivity contribution in [1.82, 2.24) is 0 Å². The van der Waals surface area contributed by atoms with Crippen LogP contribution in [-0.2, 0) is 4.74 Å². The van der Waals surface area contributed by atoms with E-state index in [9.17, 15) is 19.7 Å². The number of carbonyl (C=O) groups is 2. The number of methoxy groups -OCH3 is 2. The van der Waals surface area contributed by atoms with Crippen molar-refractivity contribution >= 4 is 17.4 Å². The summed E-state index contributed by atoms with van der Waals surface area (Å²) in [5.41, 5.74) is 0.188. The second kappa shape index (κ2) is 8.87. The van der Waals surface area contributed by atoms with Crippen LogP contribution in [0.4, 0.5) is 5.69 Å². The Morgan fingerprint density at radius 2 is 1.60 bits per heavy atom. The lowest BCUT2D eigenvalue weighted by molar-refractivity contribution is -0.385. The standard InChI is InChI=1S/C22H17NO7/c1-28-16-9-10-17(22(25)29-2)20(13-16)30-19-11-8-15(12-18(19)23(26)27)21(24)14-6-4-3-5-7-14/h3-13H,1-2H3. The van der Waals surface area contributed by atoms with Crippen molar-refractivity contribution < 1.29 is 28.7 Å². The summed E-state index contributed by atoms with van der Waals surface area (Å²) in [6.45, 7) is 0. The van der Waals surface area contributed by atoms with Gasteiger partial charge in [-0.3, -0.25) is 14.9 Å². The van der Waals surface area contributed by atoms with Gasteiger partial charge in [0.05, 0.1) is 19.1 Å². The quantitative estimate of drug-likeness (QED) is 0.247. The molecule has 3 aromatic carbocycles. The number of esters is 1. The number of hydrogen-bond donors (Lipinski definition) is 0. The zero-order chi connectivity index (χ0) is 21.7. The van der Waals surface area contributed by atoms with Gasteiger partial charge in [0, 0.05) is 23.3 Å². The summed E-state index contributed by atoms with van der Waals surface area (Å²) in [5.74, 6) is -0.765. The molecule has 30 heavy (non-hydrogen) atoms. The van der Waals surface area contributed by atoms with E-state index >= 15 is 0 Å². The molecule has 3 rings (SSSR count). The lowest BCUT2D eigenvalue weighted by atomic mass is 10.0. The van der Waals surface area contributed by atoms with Gasteiger partial charge in [0.25, 0.3) is 0 Å². The average Bonchev–Trinajstić information content (AvgIpc) is 2.78. The second-order valence-electron chi connectivity index (χ2n) is 6.09. The first-order chi connectivity index (χ1) is 14.4. The predicted molar refractivity (Wildman–Crippen MR) is 107 cm³/mol. The average molecular weight is 407 g/mol. The van der Waals surface area contributed by atoms with Crippen molar-refractivity contribution in [2.75, 3.05) is 14.2 Å². The van der Waals surface area contributed by atoms with Gasteiger partial charge in [-0.05, 0) is 24.3 Å². The van der Waals surface area contributed by atoms with Crippen molar-refractivity contribution in [3.63, 3.8) is 0 Å². The molecule has 0 heterocycles. The molecule has 0 radical (unpaired) electrons. The Balaban J connectivity index is 2.02. The normalized spacial score (nSPS) is 10.2. The van der Waals surface area contributed by atoms with Crippen LogP contribution in [0.15, 0.2) is 66.7 Å². The van der Waals surface area contributed by atoms with Gasteiger partial charge in [-0.25, -0.2) is 4.79 Å². The third kappa shape index (κ3) is 4.27. The van der Waals surface area contributed by atoms with E-state index in [1.165, 1.54) is 44.6 Å². The molecule has 0 bridgehead atoms. The second-order valence-corrected chi connectivity index (χ2v) is 6.09. The number of nitro groups is 1. The highest BCUT2D eigenvalue weighted by molar-refractivity contribution is 6.09. The zero-order valence-corrected chi connectivity index (χ0v) is 16.2. The van der Waals surface area contributed by atoms with Gasteiger partial charge in [-0.15, -0.1) is 0 Å². The molecule has 0 aromatic heterocycles. The van der Waals surface area contributed by atoms with Crippen LogP contribution in [0.2, 0.25) is 0 Å². The third-order valence-corrected chi connectivity index (χ3v) is 4.27. The first-order valence-corrected chi connectivity index (χ1v) is 8.77. The van der Waals surface area contributed by atoms with Crippen LogP contribution in [0.3, 0.4) is 0 Å². The number of nitrogens with zero attached hydrogens (tertiary/aromatic N) is 1. The SMILES string of the molecule is COC(=O)c1ccc(OC)cc1Oc1ccc(C(=O)c2ccccc2)cc1[N+](=O)[O-]. The van der Waals surface area contributed by atoms with Crippen LogP contribution >= 0.6 is 0 Å². The summed E-state index contributed by atoms with van der Waals surface area (Å²) in [6, 6.07) is 16.7. The van der Waals surface area contributed by atoms with Gasteiger partial charge in [-0.2, -0.15) is 0 Å². The number of nitro benzene ring substituents is 1.